The Bertz CT molecular complexity index is 637. The van der Waals surface area contributed by atoms with Gasteiger partial charge in [0.05, 0.1) is 12.2 Å². The summed E-state index contributed by atoms with van der Waals surface area (Å²) in [5, 5.41) is 1.02. The van der Waals surface area contributed by atoms with Crippen molar-refractivity contribution in [3.05, 3.63) is 47.8 Å². The number of aromatic nitrogens is 2. The Morgan fingerprint density at radius 2 is 1.83 bits per heavy atom. The number of hydrogen-bond donors (Lipinski definition) is 0. The van der Waals surface area contributed by atoms with Crippen LogP contribution in [-0.2, 0) is 10.5 Å². The van der Waals surface area contributed by atoms with Crippen molar-refractivity contribution in [3.63, 3.8) is 0 Å². The second kappa shape index (κ2) is 7.32. The van der Waals surface area contributed by atoms with E-state index in [1.54, 1.807) is 18.1 Å². The van der Waals surface area contributed by atoms with Crippen LogP contribution in [-0.4, -0.2) is 35.3 Å². The van der Waals surface area contributed by atoms with Crippen molar-refractivity contribution in [3.8, 4) is 0 Å². The van der Waals surface area contributed by atoms with E-state index < -0.39 is 0 Å². The minimum Gasteiger partial charge on any atom is -0.372 e. The maximum Gasteiger partial charge on any atom is 0.133 e. The fraction of sp³-hybridized carbons (Fsp3) is 0.444. The highest BCUT2D eigenvalue weighted by Crippen LogP contribution is 2.25. The molecule has 0 N–H and O–H groups in total. The smallest absolute Gasteiger partial charge is 0.133 e. The highest BCUT2D eigenvalue weighted by molar-refractivity contribution is 7.98. The molecule has 1 aliphatic rings. The van der Waals surface area contributed by atoms with Gasteiger partial charge in [-0.05, 0) is 26.3 Å². The molecule has 2 atom stereocenters. The van der Waals surface area contributed by atoms with E-state index >= 15 is 0 Å². The first-order chi connectivity index (χ1) is 11.1. The Kier molecular flexibility index (Phi) is 5.18. The van der Waals surface area contributed by atoms with Gasteiger partial charge in [0.1, 0.15) is 17.2 Å². The zero-order valence-corrected chi connectivity index (χ0v) is 14.7. The summed E-state index contributed by atoms with van der Waals surface area (Å²) in [4.78, 5) is 11.1. The molecule has 1 saturated heterocycles. The topological polar surface area (TPSA) is 38.2 Å². The van der Waals surface area contributed by atoms with Gasteiger partial charge in [0.2, 0.25) is 0 Å². The van der Waals surface area contributed by atoms with Crippen LogP contribution in [0.4, 0.5) is 5.82 Å². The summed E-state index contributed by atoms with van der Waals surface area (Å²) in [6, 6.07) is 10.7. The van der Waals surface area contributed by atoms with Crippen molar-refractivity contribution in [2.24, 2.45) is 0 Å². The molecule has 1 aromatic heterocycles. The van der Waals surface area contributed by atoms with Gasteiger partial charge in [-0.1, -0.05) is 29.8 Å². The van der Waals surface area contributed by atoms with E-state index in [9.17, 15) is 0 Å². The Morgan fingerprint density at radius 1 is 1.13 bits per heavy atom. The first-order valence-electron chi connectivity index (χ1n) is 8.01. The largest absolute Gasteiger partial charge is 0.372 e. The second-order valence-corrected chi connectivity index (χ2v) is 7.15. The normalized spacial score (nSPS) is 21.4. The summed E-state index contributed by atoms with van der Waals surface area (Å²) in [6.07, 6.45) is 2.13. The van der Waals surface area contributed by atoms with Crippen LogP contribution in [0.15, 0.2) is 41.7 Å². The molecule has 5 heteroatoms. The zero-order valence-electron chi connectivity index (χ0n) is 13.9. The number of nitrogens with zero attached hydrogens (tertiary/aromatic N) is 3. The molecule has 2 heterocycles. The monoisotopic (exact) mass is 329 g/mol. The molecule has 4 nitrogen and oxygen atoms in total. The van der Waals surface area contributed by atoms with E-state index in [1.165, 1.54) is 11.1 Å². The molecule has 0 amide bonds. The van der Waals surface area contributed by atoms with E-state index in [2.05, 4.69) is 66.0 Å². The summed E-state index contributed by atoms with van der Waals surface area (Å²) < 4.78 is 5.79. The van der Waals surface area contributed by atoms with E-state index in [-0.39, 0.29) is 12.2 Å². The van der Waals surface area contributed by atoms with Crippen molar-refractivity contribution in [2.45, 2.75) is 43.8 Å². The van der Waals surface area contributed by atoms with Gasteiger partial charge in [0.25, 0.3) is 0 Å². The van der Waals surface area contributed by atoms with Crippen molar-refractivity contribution in [2.75, 3.05) is 18.0 Å². The van der Waals surface area contributed by atoms with Gasteiger partial charge in [0, 0.05) is 24.9 Å². The molecule has 1 aliphatic heterocycles. The lowest BCUT2D eigenvalue weighted by molar-refractivity contribution is -0.00548. The summed E-state index contributed by atoms with van der Waals surface area (Å²) in [5.74, 6) is 1.92. The quantitative estimate of drug-likeness (QED) is 0.632. The second-order valence-electron chi connectivity index (χ2n) is 6.15. The number of benzene rings is 1. The van der Waals surface area contributed by atoms with E-state index in [1.807, 2.05) is 0 Å². The summed E-state index contributed by atoms with van der Waals surface area (Å²) in [7, 11) is 0. The first-order valence-corrected chi connectivity index (χ1v) is 8.99. The predicted octanol–water partition coefficient (Wildman–Crippen LogP) is 3.69. The lowest BCUT2D eigenvalue weighted by atomic mass is 10.2. The van der Waals surface area contributed by atoms with Crippen LogP contribution in [0.25, 0.3) is 0 Å². The maximum absolute atomic E-state index is 5.79. The van der Waals surface area contributed by atoms with Gasteiger partial charge >= 0.3 is 0 Å². The molecule has 0 spiro atoms. The fourth-order valence-electron chi connectivity index (χ4n) is 2.79. The molecule has 3 rings (SSSR count). The number of hydrogen-bond acceptors (Lipinski definition) is 5. The van der Waals surface area contributed by atoms with E-state index in [0.717, 1.165) is 29.7 Å². The van der Waals surface area contributed by atoms with Crippen LogP contribution >= 0.6 is 11.8 Å². The highest BCUT2D eigenvalue weighted by Gasteiger charge is 2.23. The number of morpholine rings is 1. The van der Waals surface area contributed by atoms with E-state index in [4.69, 9.17) is 4.74 Å². The average molecular weight is 329 g/mol. The van der Waals surface area contributed by atoms with Gasteiger partial charge < -0.3 is 9.64 Å². The van der Waals surface area contributed by atoms with Gasteiger partial charge in [-0.3, -0.25) is 0 Å². The third-order valence-corrected chi connectivity index (χ3v) is 4.88. The fourth-order valence-corrected chi connectivity index (χ4v) is 3.61. The number of ether oxygens (including phenoxy) is 1. The molecule has 2 unspecified atom stereocenters. The lowest BCUT2D eigenvalue weighted by Crippen LogP contribution is -2.45. The molecule has 0 saturated carbocycles. The molecule has 2 aromatic rings. The van der Waals surface area contributed by atoms with E-state index in [0.29, 0.717) is 0 Å². The Hall–Kier alpha value is -1.59. The number of anilines is 1. The minimum absolute atomic E-state index is 0.234. The average Bonchev–Trinajstić information content (AvgIpc) is 2.54. The minimum atomic E-state index is 0.234. The molecule has 122 valence electrons. The van der Waals surface area contributed by atoms with Gasteiger partial charge in [-0.15, -0.1) is 11.8 Å². The number of rotatable bonds is 4. The van der Waals surface area contributed by atoms with Gasteiger partial charge in [-0.25, -0.2) is 9.97 Å². The molecule has 0 bridgehead atoms. The summed E-state index contributed by atoms with van der Waals surface area (Å²) >= 11 is 1.75. The van der Waals surface area contributed by atoms with Crippen LogP contribution < -0.4 is 4.90 Å². The molecule has 0 radical (unpaired) electrons. The first kappa shape index (κ1) is 16.3. The third kappa shape index (κ3) is 4.45. The Labute approximate surface area is 142 Å². The van der Waals surface area contributed by atoms with Crippen LogP contribution in [0, 0.1) is 6.92 Å². The zero-order chi connectivity index (χ0) is 16.2. The molecule has 1 fully saturated rings. The molecule has 23 heavy (non-hydrogen) atoms. The van der Waals surface area contributed by atoms with Crippen LogP contribution in [0.5, 0.6) is 0 Å². The molecular formula is C18H23N3OS. The maximum atomic E-state index is 5.79. The van der Waals surface area contributed by atoms with Crippen molar-refractivity contribution >= 4 is 17.6 Å². The molecule has 1 aromatic carbocycles. The number of thioether (sulfide) groups is 1. The lowest BCUT2D eigenvalue weighted by Gasteiger charge is -2.36. The third-order valence-electron chi connectivity index (χ3n) is 3.88. The highest BCUT2D eigenvalue weighted by atomic mass is 32.2. The standard InChI is InChI=1S/C18H23N3OS/c1-13-4-6-16(7-5-13)11-23-18-8-17(19-12-20-18)21-9-14(2)22-15(3)10-21/h4-8,12,14-15H,9-11H2,1-3H3. The summed E-state index contributed by atoms with van der Waals surface area (Å²) in [5.41, 5.74) is 2.60. The Balaban J connectivity index is 1.66. The van der Waals surface area contributed by atoms with Gasteiger partial charge in [-0.2, -0.15) is 0 Å². The van der Waals surface area contributed by atoms with Crippen LogP contribution in [0.1, 0.15) is 25.0 Å². The molecular weight excluding hydrogens is 306 g/mol. The summed E-state index contributed by atoms with van der Waals surface area (Å²) in [6.45, 7) is 8.08. The number of aryl methyl sites for hydroxylation is 1. The van der Waals surface area contributed by atoms with Crippen molar-refractivity contribution < 1.29 is 4.74 Å². The van der Waals surface area contributed by atoms with Crippen LogP contribution in [0.3, 0.4) is 0 Å². The van der Waals surface area contributed by atoms with Gasteiger partial charge in [0.15, 0.2) is 0 Å². The predicted molar refractivity (Wildman–Crippen MR) is 95.0 cm³/mol. The SMILES string of the molecule is Cc1ccc(CSc2cc(N3CC(C)OC(C)C3)ncn2)cc1. The Morgan fingerprint density at radius 3 is 2.52 bits per heavy atom. The van der Waals surface area contributed by atoms with Crippen molar-refractivity contribution in [1.82, 2.24) is 9.97 Å². The molecule has 0 aliphatic carbocycles. The van der Waals surface area contributed by atoms with Crippen LogP contribution in [0.2, 0.25) is 0 Å². The van der Waals surface area contributed by atoms with Crippen molar-refractivity contribution in [1.29, 1.82) is 0 Å².